The molecule has 0 aliphatic carbocycles. The van der Waals surface area contributed by atoms with Gasteiger partial charge >= 0.3 is 0 Å². The van der Waals surface area contributed by atoms with E-state index in [4.69, 9.17) is 4.74 Å². The van der Waals surface area contributed by atoms with Crippen LogP contribution >= 0.6 is 0 Å². The minimum atomic E-state index is -3.68. The van der Waals surface area contributed by atoms with Gasteiger partial charge in [0.2, 0.25) is 15.9 Å². The third-order valence-corrected chi connectivity index (χ3v) is 7.29. The number of fused-ring (bicyclic) bond motifs is 1. The van der Waals surface area contributed by atoms with E-state index >= 15 is 0 Å². The van der Waals surface area contributed by atoms with Crippen molar-refractivity contribution in [1.82, 2.24) is 5.32 Å². The van der Waals surface area contributed by atoms with Gasteiger partial charge in [0.15, 0.2) is 0 Å². The number of ether oxygens (including phenoxy) is 1. The van der Waals surface area contributed by atoms with E-state index in [0.29, 0.717) is 6.42 Å². The molecule has 2 aromatic carbocycles. The normalized spacial score (nSPS) is 17.2. The first-order valence-corrected chi connectivity index (χ1v) is 12.8. The van der Waals surface area contributed by atoms with Crippen LogP contribution in [0.4, 0.5) is 10.1 Å². The van der Waals surface area contributed by atoms with Gasteiger partial charge in [-0.15, -0.1) is 0 Å². The molecule has 1 heterocycles. The highest BCUT2D eigenvalue weighted by molar-refractivity contribution is 7.92. The molecule has 8 heteroatoms. The SMILES string of the molecule is CCC1(CC)CC(NC(=O)CCCN(c2ccccc2F)S(C)(=O)=O)c2ccccc2O1. The summed E-state index contributed by atoms with van der Waals surface area (Å²) in [5.74, 6) is 0.00186. The molecule has 0 saturated heterocycles. The van der Waals surface area contributed by atoms with E-state index in [1.165, 1.54) is 18.2 Å². The maximum Gasteiger partial charge on any atom is 0.232 e. The summed E-state index contributed by atoms with van der Waals surface area (Å²) in [6.07, 6.45) is 3.77. The van der Waals surface area contributed by atoms with Gasteiger partial charge in [0.25, 0.3) is 0 Å². The smallest absolute Gasteiger partial charge is 0.232 e. The number of carbonyl (C=O) groups excluding carboxylic acids is 1. The maximum atomic E-state index is 14.1. The van der Waals surface area contributed by atoms with Gasteiger partial charge in [0, 0.05) is 24.9 Å². The standard InChI is InChI=1S/C24H31FN2O4S/c1-4-24(5-2)17-20(18-11-6-9-14-22(18)31-24)26-23(28)15-10-16-27(32(3,29)30)21-13-8-7-12-19(21)25/h6-9,11-14,20H,4-5,10,15-17H2,1-3H3,(H,26,28). The van der Waals surface area contributed by atoms with E-state index in [0.717, 1.165) is 34.7 Å². The molecular weight excluding hydrogens is 431 g/mol. The number of benzene rings is 2. The highest BCUT2D eigenvalue weighted by atomic mass is 32.2. The predicted molar refractivity (Wildman–Crippen MR) is 124 cm³/mol. The third-order valence-electron chi connectivity index (χ3n) is 6.11. The average Bonchev–Trinajstić information content (AvgIpc) is 2.76. The van der Waals surface area contributed by atoms with Crippen molar-refractivity contribution in [2.45, 2.75) is 57.6 Å². The number of para-hydroxylation sites is 2. The lowest BCUT2D eigenvalue weighted by atomic mass is 9.83. The number of anilines is 1. The number of nitrogens with zero attached hydrogens (tertiary/aromatic N) is 1. The molecule has 1 amide bonds. The zero-order valence-electron chi connectivity index (χ0n) is 18.8. The number of rotatable bonds is 9. The predicted octanol–water partition coefficient (Wildman–Crippen LogP) is 4.57. The van der Waals surface area contributed by atoms with E-state index in [2.05, 4.69) is 19.2 Å². The van der Waals surface area contributed by atoms with Gasteiger partial charge in [0.05, 0.1) is 18.0 Å². The summed E-state index contributed by atoms with van der Waals surface area (Å²) in [5.41, 5.74) is 0.608. The van der Waals surface area contributed by atoms with Crippen LogP contribution in [0.15, 0.2) is 48.5 Å². The molecule has 0 aromatic heterocycles. The first-order valence-electron chi connectivity index (χ1n) is 11.0. The molecule has 6 nitrogen and oxygen atoms in total. The molecule has 1 N–H and O–H groups in total. The van der Waals surface area contributed by atoms with Gasteiger partial charge in [-0.25, -0.2) is 12.8 Å². The van der Waals surface area contributed by atoms with Crippen molar-refractivity contribution in [3.05, 3.63) is 59.9 Å². The van der Waals surface area contributed by atoms with Crippen LogP contribution in [-0.4, -0.2) is 32.7 Å². The molecule has 1 unspecified atom stereocenters. The average molecular weight is 463 g/mol. The first kappa shape index (κ1) is 24.0. The summed E-state index contributed by atoms with van der Waals surface area (Å²) in [4.78, 5) is 12.7. The number of hydrogen-bond donors (Lipinski definition) is 1. The summed E-state index contributed by atoms with van der Waals surface area (Å²) in [6, 6.07) is 13.3. The second kappa shape index (κ2) is 9.90. The Kier molecular flexibility index (Phi) is 7.44. The van der Waals surface area contributed by atoms with Gasteiger partial charge in [-0.3, -0.25) is 9.10 Å². The second-order valence-electron chi connectivity index (χ2n) is 8.24. The van der Waals surface area contributed by atoms with Crippen LogP contribution in [0.5, 0.6) is 5.75 Å². The molecule has 1 aliphatic rings. The summed E-state index contributed by atoms with van der Waals surface area (Å²) < 4.78 is 45.8. The summed E-state index contributed by atoms with van der Waals surface area (Å²) >= 11 is 0. The van der Waals surface area contributed by atoms with E-state index in [-0.39, 0.29) is 42.6 Å². The number of sulfonamides is 1. The molecule has 0 bridgehead atoms. The largest absolute Gasteiger partial charge is 0.487 e. The van der Waals surface area contributed by atoms with E-state index in [1.807, 2.05) is 24.3 Å². The fraction of sp³-hybridized carbons (Fsp3) is 0.458. The lowest BCUT2D eigenvalue weighted by molar-refractivity contribution is -0.122. The Morgan fingerprint density at radius 3 is 2.47 bits per heavy atom. The van der Waals surface area contributed by atoms with Gasteiger partial charge in [-0.1, -0.05) is 44.2 Å². The van der Waals surface area contributed by atoms with Crippen LogP contribution < -0.4 is 14.4 Å². The minimum absolute atomic E-state index is 0.00978. The Bertz CT molecular complexity index is 1050. The Hall–Kier alpha value is -2.61. The lowest BCUT2D eigenvalue weighted by Gasteiger charge is -2.41. The maximum absolute atomic E-state index is 14.1. The zero-order chi connectivity index (χ0) is 23.4. The molecule has 174 valence electrons. The minimum Gasteiger partial charge on any atom is -0.487 e. The topological polar surface area (TPSA) is 75.7 Å². The zero-order valence-corrected chi connectivity index (χ0v) is 19.6. The Morgan fingerprint density at radius 1 is 1.16 bits per heavy atom. The van der Waals surface area contributed by atoms with Crippen LogP contribution in [0.2, 0.25) is 0 Å². The molecule has 1 atom stereocenters. The lowest BCUT2D eigenvalue weighted by Crippen LogP contribution is -2.44. The fourth-order valence-corrected chi connectivity index (χ4v) is 5.16. The third kappa shape index (κ3) is 5.41. The molecule has 32 heavy (non-hydrogen) atoms. The number of amides is 1. The fourth-order valence-electron chi connectivity index (χ4n) is 4.20. The molecule has 2 aromatic rings. The van der Waals surface area contributed by atoms with E-state index in [9.17, 15) is 17.6 Å². The van der Waals surface area contributed by atoms with E-state index < -0.39 is 15.8 Å². The van der Waals surface area contributed by atoms with Crippen molar-refractivity contribution in [1.29, 1.82) is 0 Å². The molecule has 0 spiro atoms. The summed E-state index contributed by atoms with van der Waals surface area (Å²) in [6.45, 7) is 4.18. The number of hydrogen-bond acceptors (Lipinski definition) is 4. The molecule has 0 fully saturated rings. The Labute approximate surface area is 189 Å². The second-order valence-corrected chi connectivity index (χ2v) is 10.2. The number of nitrogens with one attached hydrogen (secondary N) is 1. The summed E-state index contributed by atoms with van der Waals surface area (Å²) in [5, 5.41) is 3.10. The van der Waals surface area contributed by atoms with Crippen molar-refractivity contribution in [3.8, 4) is 5.75 Å². The van der Waals surface area contributed by atoms with Gasteiger partial charge in [-0.2, -0.15) is 0 Å². The molecule has 0 radical (unpaired) electrons. The van der Waals surface area contributed by atoms with Gasteiger partial charge < -0.3 is 10.1 Å². The first-order chi connectivity index (χ1) is 15.2. The molecule has 0 saturated carbocycles. The van der Waals surface area contributed by atoms with Crippen LogP contribution in [0, 0.1) is 5.82 Å². The highest BCUT2D eigenvalue weighted by Crippen LogP contribution is 2.42. The monoisotopic (exact) mass is 462 g/mol. The van der Waals surface area contributed by atoms with Gasteiger partial charge in [0.1, 0.15) is 17.2 Å². The van der Waals surface area contributed by atoms with Crippen LogP contribution in [0.3, 0.4) is 0 Å². The molecule has 3 rings (SSSR count). The Morgan fingerprint density at radius 2 is 1.81 bits per heavy atom. The van der Waals surface area contributed by atoms with Crippen molar-refractivity contribution < 1.29 is 22.3 Å². The van der Waals surface area contributed by atoms with Crippen molar-refractivity contribution in [2.24, 2.45) is 0 Å². The molecular formula is C24H31FN2O4S. The quantitative estimate of drug-likeness (QED) is 0.592. The van der Waals surface area contributed by atoms with Crippen molar-refractivity contribution >= 4 is 21.6 Å². The van der Waals surface area contributed by atoms with Crippen LogP contribution in [0.25, 0.3) is 0 Å². The molecule has 1 aliphatic heterocycles. The summed E-state index contributed by atoms with van der Waals surface area (Å²) in [7, 11) is -3.68. The van der Waals surface area contributed by atoms with Crippen molar-refractivity contribution in [3.63, 3.8) is 0 Å². The highest BCUT2D eigenvalue weighted by Gasteiger charge is 2.38. The van der Waals surface area contributed by atoms with Crippen LogP contribution in [-0.2, 0) is 14.8 Å². The van der Waals surface area contributed by atoms with Gasteiger partial charge in [-0.05, 0) is 37.5 Å². The van der Waals surface area contributed by atoms with Crippen LogP contribution in [0.1, 0.15) is 57.6 Å². The number of carbonyl (C=O) groups is 1. The Balaban J connectivity index is 1.67. The van der Waals surface area contributed by atoms with Crippen molar-refractivity contribution in [2.75, 3.05) is 17.1 Å². The number of halogens is 1. The van der Waals surface area contributed by atoms with E-state index in [1.54, 1.807) is 6.07 Å².